The van der Waals surface area contributed by atoms with Crippen LogP contribution in [0.15, 0.2) is 54.9 Å². The van der Waals surface area contributed by atoms with E-state index in [0.717, 1.165) is 16.7 Å². The summed E-state index contributed by atoms with van der Waals surface area (Å²) in [6.45, 7) is 14.5. The van der Waals surface area contributed by atoms with Crippen LogP contribution in [0.25, 0.3) is 28.0 Å². The highest BCUT2D eigenvalue weighted by Crippen LogP contribution is 2.37. The molecular weight excluding hydrogens is 576 g/mol. The number of carbonyl (C=O) groups is 1. The van der Waals surface area contributed by atoms with Crippen molar-refractivity contribution in [2.75, 3.05) is 30.3 Å². The quantitative estimate of drug-likeness (QED) is 0.0714. The van der Waals surface area contributed by atoms with E-state index in [0.29, 0.717) is 48.5 Å². The minimum atomic E-state index is -2.09. The number of hydrogen-bond donors (Lipinski definition) is 3. The Kier molecular flexibility index (Phi) is 8.88. The molecule has 0 aliphatic rings. The second kappa shape index (κ2) is 12.6. The fourth-order valence-electron chi connectivity index (χ4n) is 4.46. The number of aromatic nitrogens is 6. The number of benzene rings is 2. The summed E-state index contributed by atoms with van der Waals surface area (Å²) >= 11 is 0. The summed E-state index contributed by atoms with van der Waals surface area (Å²) in [6.07, 6.45) is 1.58. The van der Waals surface area contributed by atoms with E-state index in [2.05, 4.69) is 49.5 Å². The normalized spacial score (nSPS) is 12.1. The lowest BCUT2D eigenvalue weighted by Gasteiger charge is -2.36. The molecule has 0 bridgehead atoms. The van der Waals surface area contributed by atoms with Gasteiger partial charge in [0.15, 0.2) is 25.3 Å². The van der Waals surface area contributed by atoms with Gasteiger partial charge in [-0.2, -0.15) is 9.97 Å². The number of phenolic OH excluding ortho intramolecular Hbond substituents is 1. The molecule has 0 radical (unpaired) electrons. The van der Waals surface area contributed by atoms with Gasteiger partial charge in [-0.15, -0.1) is 0 Å². The van der Waals surface area contributed by atoms with E-state index in [-0.39, 0.29) is 29.9 Å². The summed E-state index contributed by atoms with van der Waals surface area (Å²) < 4.78 is 15.5. The largest absolute Gasteiger partial charge is 0.508 e. The van der Waals surface area contributed by atoms with Crippen molar-refractivity contribution in [3.05, 3.63) is 60.7 Å². The SMILES string of the molecule is CCOC(=O)Cn1cnc2c(-n3c(CO[Si](C)(C)C(C)(C)C)nc4ccccc43)nc(NCCNc3ccc(O)cc3)nc21. The van der Waals surface area contributed by atoms with E-state index in [1.54, 1.807) is 30.0 Å². The number of imidazole rings is 2. The zero-order valence-electron chi connectivity index (χ0n) is 26.1. The van der Waals surface area contributed by atoms with Crippen molar-refractivity contribution in [1.29, 1.82) is 0 Å². The molecule has 0 saturated heterocycles. The summed E-state index contributed by atoms with van der Waals surface area (Å²) in [6, 6.07) is 14.8. The molecule has 0 amide bonds. The summed E-state index contributed by atoms with van der Waals surface area (Å²) in [5, 5.41) is 16.2. The van der Waals surface area contributed by atoms with Gasteiger partial charge in [-0.3, -0.25) is 9.36 Å². The Hall–Kier alpha value is -4.49. The highest BCUT2D eigenvalue weighted by atomic mass is 28.4. The van der Waals surface area contributed by atoms with Crippen molar-refractivity contribution in [2.45, 2.75) is 59.0 Å². The molecule has 3 N–H and O–H groups in total. The van der Waals surface area contributed by atoms with Crippen LogP contribution in [0.2, 0.25) is 18.1 Å². The van der Waals surface area contributed by atoms with Crippen LogP contribution in [0.5, 0.6) is 5.75 Å². The van der Waals surface area contributed by atoms with Gasteiger partial charge in [-0.1, -0.05) is 32.9 Å². The van der Waals surface area contributed by atoms with Crippen LogP contribution in [-0.2, 0) is 27.1 Å². The van der Waals surface area contributed by atoms with E-state index in [1.807, 2.05) is 41.0 Å². The van der Waals surface area contributed by atoms with Gasteiger partial charge in [0.1, 0.15) is 18.1 Å². The van der Waals surface area contributed by atoms with Crippen LogP contribution in [0.4, 0.5) is 11.6 Å². The van der Waals surface area contributed by atoms with Gasteiger partial charge in [-0.25, -0.2) is 9.97 Å². The maximum Gasteiger partial charge on any atom is 0.326 e. The Bertz CT molecular complexity index is 1760. The van der Waals surface area contributed by atoms with Gasteiger partial charge in [0.25, 0.3) is 0 Å². The molecule has 0 atom stereocenters. The van der Waals surface area contributed by atoms with E-state index in [4.69, 9.17) is 24.1 Å². The molecule has 0 aliphatic carbocycles. The van der Waals surface area contributed by atoms with Crippen LogP contribution in [0, 0.1) is 0 Å². The van der Waals surface area contributed by atoms with Gasteiger partial charge in [-0.05, 0) is 61.5 Å². The number of rotatable bonds is 12. The van der Waals surface area contributed by atoms with Crippen molar-refractivity contribution in [3.63, 3.8) is 0 Å². The number of hydrogen-bond acceptors (Lipinski definition) is 10. The minimum Gasteiger partial charge on any atom is -0.508 e. The lowest BCUT2D eigenvalue weighted by Crippen LogP contribution is -2.40. The second-order valence-electron chi connectivity index (χ2n) is 12.0. The van der Waals surface area contributed by atoms with Crippen LogP contribution in [0.1, 0.15) is 33.5 Å². The number of fused-ring (bicyclic) bond motifs is 2. The lowest BCUT2D eigenvalue weighted by atomic mass is 10.2. The molecule has 3 heterocycles. The predicted octanol–water partition coefficient (Wildman–Crippen LogP) is 5.48. The van der Waals surface area contributed by atoms with Crippen LogP contribution in [-0.4, -0.2) is 68.2 Å². The first kappa shape index (κ1) is 30.9. The molecule has 0 unspecified atom stereocenters. The molecule has 13 heteroatoms. The average molecular weight is 617 g/mol. The number of aromatic hydroxyl groups is 1. The monoisotopic (exact) mass is 616 g/mol. The Balaban J connectivity index is 1.54. The molecule has 232 valence electrons. The minimum absolute atomic E-state index is 0.0309. The van der Waals surface area contributed by atoms with Gasteiger partial charge in [0, 0.05) is 18.8 Å². The molecule has 12 nitrogen and oxygen atoms in total. The number of carbonyl (C=O) groups excluding carboxylic acids is 1. The summed E-state index contributed by atoms with van der Waals surface area (Å²) in [5.41, 5.74) is 3.57. The average Bonchev–Trinajstić information content (AvgIpc) is 3.55. The van der Waals surface area contributed by atoms with Gasteiger partial charge in [0.05, 0.1) is 30.6 Å². The van der Waals surface area contributed by atoms with E-state index < -0.39 is 8.32 Å². The van der Waals surface area contributed by atoms with Crippen LogP contribution < -0.4 is 10.6 Å². The van der Waals surface area contributed by atoms with Crippen molar-refractivity contribution in [1.82, 2.24) is 29.1 Å². The van der Waals surface area contributed by atoms with Crippen molar-refractivity contribution < 1.29 is 19.1 Å². The number of nitrogens with one attached hydrogen (secondary N) is 2. The number of anilines is 2. The third-order valence-corrected chi connectivity index (χ3v) is 12.3. The van der Waals surface area contributed by atoms with Crippen LogP contribution >= 0.6 is 0 Å². The number of esters is 1. The highest BCUT2D eigenvalue weighted by molar-refractivity contribution is 6.74. The standard InChI is InChI=1S/C31H40N8O4Si/c1-7-42-26(41)18-38-20-34-27-28(38)36-30(33-17-16-32-21-12-14-22(40)15-13-21)37-29(27)39-24-11-9-8-10-23(24)35-25(39)19-43-44(5,6)31(2,3)4/h8-15,20,32,40H,7,16-19H2,1-6H3,(H,33,36,37). The topological polar surface area (TPSA) is 141 Å². The molecule has 0 aliphatic heterocycles. The van der Waals surface area contributed by atoms with Gasteiger partial charge in [0.2, 0.25) is 5.95 Å². The molecule has 5 rings (SSSR count). The van der Waals surface area contributed by atoms with Crippen molar-refractivity contribution in [3.8, 4) is 11.6 Å². The first-order valence-electron chi connectivity index (χ1n) is 14.7. The lowest BCUT2D eigenvalue weighted by molar-refractivity contribution is -0.143. The van der Waals surface area contributed by atoms with E-state index in [1.165, 1.54) is 0 Å². The molecule has 2 aromatic carbocycles. The first-order valence-corrected chi connectivity index (χ1v) is 17.6. The third-order valence-electron chi connectivity index (χ3n) is 7.87. The smallest absolute Gasteiger partial charge is 0.326 e. The third kappa shape index (κ3) is 6.68. The Morgan fingerprint density at radius 1 is 1.00 bits per heavy atom. The van der Waals surface area contributed by atoms with Crippen molar-refractivity contribution >= 4 is 48.1 Å². The summed E-state index contributed by atoms with van der Waals surface area (Å²) in [7, 11) is -2.09. The number of phenols is 1. The van der Waals surface area contributed by atoms with Gasteiger partial charge < -0.3 is 29.5 Å². The maximum atomic E-state index is 12.4. The van der Waals surface area contributed by atoms with Gasteiger partial charge >= 0.3 is 5.97 Å². The first-order chi connectivity index (χ1) is 21.0. The Morgan fingerprint density at radius 2 is 1.73 bits per heavy atom. The molecule has 0 fully saturated rings. The molecular formula is C31H40N8O4Si. The maximum absolute atomic E-state index is 12.4. The fraction of sp³-hybridized carbons (Fsp3) is 0.387. The van der Waals surface area contributed by atoms with E-state index in [9.17, 15) is 9.90 Å². The number of ether oxygens (including phenoxy) is 1. The summed E-state index contributed by atoms with van der Waals surface area (Å²) in [4.78, 5) is 31.7. The Labute approximate surface area is 257 Å². The Morgan fingerprint density at radius 3 is 2.45 bits per heavy atom. The predicted molar refractivity (Wildman–Crippen MR) is 174 cm³/mol. The fourth-order valence-corrected chi connectivity index (χ4v) is 5.38. The van der Waals surface area contributed by atoms with E-state index >= 15 is 0 Å². The molecule has 5 aromatic rings. The van der Waals surface area contributed by atoms with Crippen molar-refractivity contribution in [2.24, 2.45) is 0 Å². The second-order valence-corrected chi connectivity index (χ2v) is 16.8. The summed E-state index contributed by atoms with van der Waals surface area (Å²) in [5.74, 6) is 1.45. The molecule has 44 heavy (non-hydrogen) atoms. The highest BCUT2D eigenvalue weighted by Gasteiger charge is 2.37. The number of nitrogens with zero attached hydrogens (tertiary/aromatic N) is 6. The number of para-hydroxylation sites is 2. The molecule has 3 aromatic heterocycles. The zero-order valence-corrected chi connectivity index (χ0v) is 27.1. The van der Waals surface area contributed by atoms with Crippen LogP contribution in [0.3, 0.4) is 0 Å². The zero-order chi connectivity index (χ0) is 31.5. The molecule has 0 saturated carbocycles. The molecule has 0 spiro atoms.